The van der Waals surface area contributed by atoms with Crippen molar-refractivity contribution in [2.24, 2.45) is 0 Å². The lowest BCUT2D eigenvalue weighted by Crippen LogP contribution is -2.43. The smallest absolute Gasteiger partial charge is 0.261 e. The Morgan fingerprint density at radius 3 is 2.67 bits per heavy atom. The van der Waals surface area contributed by atoms with Gasteiger partial charge in [0.05, 0.1) is 50.7 Å². The molecule has 0 bridgehead atoms. The minimum Gasteiger partial charge on any atom is -0.493 e. The van der Waals surface area contributed by atoms with Crippen molar-refractivity contribution in [3.63, 3.8) is 0 Å². The van der Waals surface area contributed by atoms with Crippen LogP contribution in [-0.4, -0.2) is 67.4 Å². The maximum atomic E-state index is 12.8. The second-order valence-electron chi connectivity index (χ2n) is 8.90. The van der Waals surface area contributed by atoms with Crippen LogP contribution in [0.3, 0.4) is 0 Å². The van der Waals surface area contributed by atoms with E-state index in [0.29, 0.717) is 56.0 Å². The van der Waals surface area contributed by atoms with Gasteiger partial charge in [-0.3, -0.25) is 19.1 Å². The molecule has 1 N–H and O–H groups in total. The summed E-state index contributed by atoms with van der Waals surface area (Å²) in [6, 6.07) is 11.4. The first kappa shape index (κ1) is 25.7. The molecule has 9 nitrogen and oxygen atoms in total. The number of para-hydroxylation sites is 1. The molecule has 1 saturated heterocycles. The van der Waals surface area contributed by atoms with Gasteiger partial charge in [0.2, 0.25) is 5.91 Å². The van der Waals surface area contributed by atoms with Crippen LogP contribution in [0.5, 0.6) is 11.5 Å². The Hall–Kier alpha value is -3.43. The van der Waals surface area contributed by atoms with Gasteiger partial charge >= 0.3 is 0 Å². The molecule has 1 aromatic heterocycles. The van der Waals surface area contributed by atoms with E-state index in [1.165, 1.54) is 0 Å². The molecule has 3 aromatic rings. The zero-order valence-electron chi connectivity index (χ0n) is 21.2. The molecule has 1 atom stereocenters. The van der Waals surface area contributed by atoms with Gasteiger partial charge in [0.1, 0.15) is 0 Å². The average molecular weight is 495 g/mol. The molecule has 192 valence electrons. The van der Waals surface area contributed by atoms with E-state index in [4.69, 9.17) is 14.2 Å². The quantitative estimate of drug-likeness (QED) is 0.463. The van der Waals surface area contributed by atoms with Gasteiger partial charge in [0.25, 0.3) is 5.56 Å². The topological polar surface area (TPSA) is 94.9 Å². The maximum absolute atomic E-state index is 12.8. The Morgan fingerprint density at radius 1 is 1.14 bits per heavy atom. The van der Waals surface area contributed by atoms with Crippen molar-refractivity contribution in [3.8, 4) is 11.5 Å². The molecule has 0 aliphatic carbocycles. The molecule has 1 aliphatic rings. The SMILES string of the molecule is COc1ccc(C(CNC(=O)CCCn2cnc3c(C)cccc3c2=O)N2CCOCC2)cc1OC. The molecule has 1 amide bonds. The highest BCUT2D eigenvalue weighted by atomic mass is 16.5. The molecule has 0 radical (unpaired) electrons. The number of hydrogen-bond acceptors (Lipinski definition) is 7. The van der Waals surface area contributed by atoms with E-state index in [1.54, 1.807) is 31.2 Å². The Balaban J connectivity index is 1.38. The van der Waals surface area contributed by atoms with Crippen molar-refractivity contribution < 1.29 is 19.0 Å². The molecule has 0 spiro atoms. The Labute approximate surface area is 211 Å². The van der Waals surface area contributed by atoms with Crippen LogP contribution in [0, 0.1) is 6.92 Å². The predicted octanol–water partition coefficient (Wildman–Crippen LogP) is 2.69. The molecule has 2 aromatic carbocycles. The number of benzene rings is 2. The highest BCUT2D eigenvalue weighted by Gasteiger charge is 2.24. The summed E-state index contributed by atoms with van der Waals surface area (Å²) in [4.78, 5) is 32.3. The summed E-state index contributed by atoms with van der Waals surface area (Å²) in [5, 5.41) is 3.69. The average Bonchev–Trinajstić information content (AvgIpc) is 2.91. The molecule has 0 saturated carbocycles. The summed E-state index contributed by atoms with van der Waals surface area (Å²) in [6.07, 6.45) is 2.43. The Morgan fingerprint density at radius 2 is 1.92 bits per heavy atom. The number of fused-ring (bicyclic) bond motifs is 1. The van der Waals surface area contributed by atoms with Gasteiger partial charge in [-0.25, -0.2) is 4.98 Å². The van der Waals surface area contributed by atoms with Crippen LogP contribution < -0.4 is 20.3 Å². The number of carbonyl (C=O) groups is 1. The van der Waals surface area contributed by atoms with E-state index >= 15 is 0 Å². The number of carbonyl (C=O) groups excluding carboxylic acids is 1. The highest BCUT2D eigenvalue weighted by molar-refractivity contribution is 5.80. The first-order valence-corrected chi connectivity index (χ1v) is 12.3. The predicted molar refractivity (Wildman–Crippen MR) is 138 cm³/mol. The van der Waals surface area contributed by atoms with Gasteiger partial charge < -0.3 is 19.5 Å². The molecule has 2 heterocycles. The molecular weight excluding hydrogens is 460 g/mol. The molecule has 1 fully saturated rings. The molecule has 9 heteroatoms. The number of aromatic nitrogens is 2. The second-order valence-corrected chi connectivity index (χ2v) is 8.90. The van der Waals surface area contributed by atoms with E-state index in [0.717, 1.165) is 29.7 Å². The maximum Gasteiger partial charge on any atom is 0.261 e. The van der Waals surface area contributed by atoms with Gasteiger partial charge in [-0.15, -0.1) is 0 Å². The lowest BCUT2D eigenvalue weighted by atomic mass is 10.0. The summed E-state index contributed by atoms with van der Waals surface area (Å²) in [7, 11) is 3.23. The van der Waals surface area contributed by atoms with Crippen molar-refractivity contribution in [2.45, 2.75) is 32.4 Å². The number of amides is 1. The normalized spacial score (nSPS) is 15.0. The lowest BCUT2D eigenvalue weighted by molar-refractivity contribution is -0.121. The number of nitrogens with zero attached hydrogens (tertiary/aromatic N) is 3. The van der Waals surface area contributed by atoms with Crippen LogP contribution >= 0.6 is 0 Å². The standard InChI is InChI=1S/C27H34N4O5/c1-19-6-4-7-21-26(19)29-18-31(27(21)33)11-5-8-25(32)28-17-22(30-12-14-36-15-13-30)20-9-10-23(34-2)24(16-20)35-3/h4,6-7,9-10,16,18,22H,5,8,11-15,17H2,1-3H3,(H,28,32). The fourth-order valence-corrected chi connectivity index (χ4v) is 4.61. The number of aryl methyl sites for hydroxylation is 2. The van der Waals surface area contributed by atoms with Crippen LogP contribution in [0.15, 0.2) is 47.5 Å². The highest BCUT2D eigenvalue weighted by Crippen LogP contribution is 2.32. The van der Waals surface area contributed by atoms with Gasteiger partial charge in [0.15, 0.2) is 11.5 Å². The van der Waals surface area contributed by atoms with Crippen LogP contribution in [0.25, 0.3) is 10.9 Å². The van der Waals surface area contributed by atoms with Gasteiger partial charge in [0, 0.05) is 32.6 Å². The van der Waals surface area contributed by atoms with E-state index in [9.17, 15) is 9.59 Å². The van der Waals surface area contributed by atoms with Crippen molar-refractivity contribution in [3.05, 3.63) is 64.2 Å². The van der Waals surface area contributed by atoms with E-state index in [-0.39, 0.29) is 17.5 Å². The number of ether oxygens (including phenoxy) is 3. The molecular formula is C27H34N4O5. The Kier molecular flexibility index (Phi) is 8.56. The van der Waals surface area contributed by atoms with E-state index in [1.807, 2.05) is 37.3 Å². The zero-order valence-corrected chi connectivity index (χ0v) is 21.2. The van der Waals surface area contributed by atoms with E-state index in [2.05, 4.69) is 15.2 Å². The van der Waals surface area contributed by atoms with Crippen molar-refractivity contribution in [1.82, 2.24) is 19.8 Å². The largest absolute Gasteiger partial charge is 0.493 e. The first-order chi connectivity index (χ1) is 17.5. The van der Waals surface area contributed by atoms with Gasteiger partial charge in [-0.2, -0.15) is 0 Å². The number of morpholine rings is 1. The fourth-order valence-electron chi connectivity index (χ4n) is 4.61. The third kappa shape index (κ3) is 5.85. The van der Waals surface area contributed by atoms with Gasteiger partial charge in [-0.1, -0.05) is 18.2 Å². The molecule has 1 unspecified atom stereocenters. The summed E-state index contributed by atoms with van der Waals surface area (Å²) < 4.78 is 18.0. The minimum atomic E-state index is -0.0788. The number of rotatable bonds is 10. The zero-order chi connectivity index (χ0) is 25.5. The van der Waals surface area contributed by atoms with Gasteiger partial charge in [-0.05, 0) is 42.7 Å². The van der Waals surface area contributed by atoms with Crippen LogP contribution in [0.1, 0.15) is 30.0 Å². The molecule has 36 heavy (non-hydrogen) atoms. The summed E-state index contributed by atoms with van der Waals surface area (Å²) >= 11 is 0. The first-order valence-electron chi connectivity index (χ1n) is 12.3. The Bertz CT molecular complexity index is 1250. The number of methoxy groups -OCH3 is 2. The third-order valence-corrected chi connectivity index (χ3v) is 6.63. The number of hydrogen-bond donors (Lipinski definition) is 1. The fraction of sp³-hybridized carbons (Fsp3) is 0.444. The third-order valence-electron chi connectivity index (χ3n) is 6.63. The minimum absolute atomic E-state index is 0.0202. The molecule has 1 aliphatic heterocycles. The van der Waals surface area contributed by atoms with Crippen LogP contribution in [-0.2, 0) is 16.1 Å². The van der Waals surface area contributed by atoms with Crippen molar-refractivity contribution in [1.29, 1.82) is 0 Å². The van der Waals surface area contributed by atoms with Crippen LogP contribution in [0.4, 0.5) is 0 Å². The monoisotopic (exact) mass is 494 g/mol. The summed E-state index contributed by atoms with van der Waals surface area (Å²) in [5.41, 5.74) is 2.66. The number of nitrogens with one attached hydrogen (secondary N) is 1. The van der Waals surface area contributed by atoms with E-state index < -0.39 is 0 Å². The summed E-state index contributed by atoms with van der Waals surface area (Å²) in [5.74, 6) is 1.27. The lowest BCUT2D eigenvalue weighted by Gasteiger charge is -2.35. The van der Waals surface area contributed by atoms with Crippen molar-refractivity contribution in [2.75, 3.05) is 47.1 Å². The van der Waals surface area contributed by atoms with Crippen LogP contribution in [0.2, 0.25) is 0 Å². The second kappa shape index (κ2) is 12.0. The summed E-state index contributed by atoms with van der Waals surface area (Å²) in [6.45, 7) is 5.72. The van der Waals surface area contributed by atoms with Crippen molar-refractivity contribution >= 4 is 16.8 Å². The molecule has 4 rings (SSSR count).